The first-order chi connectivity index (χ1) is 2.00. The molecule has 0 bridgehead atoms. The number of rotatable bonds is 0. The summed E-state index contributed by atoms with van der Waals surface area (Å²) >= 11 is 10.6. The van der Waals surface area contributed by atoms with Crippen LogP contribution in [0, 0.1) is 0 Å². The fourth-order valence-corrected chi connectivity index (χ4v) is 0. The predicted molar refractivity (Wildman–Crippen MR) is 29.5 cm³/mol. The molecular formula is CBr3Hg. The molecule has 0 heterocycles. The van der Waals surface area contributed by atoms with Gasteiger partial charge in [0.15, 0.2) is 0 Å². The Bertz CT molecular complexity index is 22.4. The van der Waals surface area contributed by atoms with Crippen molar-refractivity contribution >= 4 is 47.8 Å². The standard InChI is InChI=1S/CBr3.Hg/c2-1(3)4;. The summed E-state index contributed by atoms with van der Waals surface area (Å²) in [5.74, 6) is 0. The molecule has 0 aromatic heterocycles. The Morgan fingerprint density at radius 3 is 1.20 bits per heavy atom. The van der Waals surface area contributed by atoms with Crippen LogP contribution < -0.4 is 0 Å². The van der Waals surface area contributed by atoms with Crippen molar-refractivity contribution < 1.29 is 26.1 Å². The monoisotopic (exact) mass is 451 g/mol. The van der Waals surface area contributed by atoms with Gasteiger partial charge in [0.1, 0.15) is 0 Å². The summed E-state index contributed by atoms with van der Waals surface area (Å²) in [6.45, 7) is 0. The topological polar surface area (TPSA) is 0 Å². The molecule has 0 aliphatic carbocycles. The first-order valence-corrected chi connectivity index (χ1v) is 6.05. The second-order valence-corrected chi connectivity index (χ2v) is 24.1. The Balaban J connectivity index is 3.02. The van der Waals surface area contributed by atoms with Crippen LogP contribution in [0.4, 0.5) is 0 Å². The summed E-state index contributed by atoms with van der Waals surface area (Å²) in [6, 6.07) is 0. The van der Waals surface area contributed by atoms with Gasteiger partial charge in [0.25, 0.3) is 0 Å². The first-order valence-electron chi connectivity index (χ1n) is 0.921. The number of hydrogen-bond acceptors (Lipinski definition) is 0. The molecule has 0 aliphatic rings. The van der Waals surface area contributed by atoms with Crippen molar-refractivity contribution in [1.29, 1.82) is 0 Å². The molecule has 0 N–H and O–H groups in total. The normalized spacial score (nSPS) is 12.2. The van der Waals surface area contributed by atoms with Gasteiger partial charge in [0.2, 0.25) is 0 Å². The Morgan fingerprint density at radius 1 is 1.20 bits per heavy atom. The molecular weight excluding hydrogens is 452 g/mol. The summed E-state index contributed by atoms with van der Waals surface area (Å²) in [6.07, 6.45) is 0. The van der Waals surface area contributed by atoms with Crippen molar-refractivity contribution in [3.63, 3.8) is 0 Å². The second-order valence-electron chi connectivity index (χ2n) is 0.615. The molecule has 27 valence electrons. The van der Waals surface area contributed by atoms with Crippen LogP contribution >= 0.6 is 47.8 Å². The molecule has 0 unspecified atom stereocenters. The Hall–Kier alpha value is 2.38. The van der Waals surface area contributed by atoms with E-state index in [0.29, 0.717) is 26.1 Å². The molecule has 0 atom stereocenters. The van der Waals surface area contributed by atoms with Crippen LogP contribution in [0.3, 0.4) is 0 Å². The van der Waals surface area contributed by atoms with Gasteiger partial charge in [-0.2, -0.15) is 0 Å². The van der Waals surface area contributed by atoms with E-state index >= 15 is 0 Å². The third-order valence-electron chi connectivity index (χ3n) is 0. The molecule has 0 aromatic carbocycles. The molecule has 0 aromatic rings. The molecule has 0 amide bonds. The van der Waals surface area contributed by atoms with Crippen molar-refractivity contribution in [2.45, 2.75) is -0.348 Å². The minimum absolute atomic E-state index is 0.132. The van der Waals surface area contributed by atoms with Gasteiger partial charge in [0.05, 0.1) is 0 Å². The Labute approximate surface area is 72.4 Å². The van der Waals surface area contributed by atoms with E-state index in [-0.39, 0.29) is -0.348 Å². The molecule has 0 aliphatic heterocycles. The first kappa shape index (κ1) is 7.38. The number of alkyl halides is 3. The zero-order valence-corrected chi connectivity index (χ0v) is 12.6. The van der Waals surface area contributed by atoms with Crippen molar-refractivity contribution in [3.8, 4) is 0 Å². The van der Waals surface area contributed by atoms with Crippen LogP contribution in [-0.2, 0) is 26.1 Å². The van der Waals surface area contributed by atoms with Crippen LogP contribution in [0.25, 0.3) is 0 Å². The van der Waals surface area contributed by atoms with Gasteiger partial charge in [-0.3, -0.25) is 0 Å². The van der Waals surface area contributed by atoms with Crippen molar-refractivity contribution in [3.05, 3.63) is 0 Å². The van der Waals surface area contributed by atoms with Gasteiger partial charge in [0, 0.05) is 0 Å². The third-order valence-corrected chi connectivity index (χ3v) is 0. The van der Waals surface area contributed by atoms with E-state index in [9.17, 15) is 0 Å². The van der Waals surface area contributed by atoms with Gasteiger partial charge in [-0.25, -0.2) is 0 Å². The van der Waals surface area contributed by atoms with E-state index in [1.807, 2.05) is 0 Å². The van der Waals surface area contributed by atoms with Gasteiger partial charge >= 0.3 is 73.6 Å². The summed E-state index contributed by atoms with van der Waals surface area (Å²) in [5.41, 5.74) is 0. The fourth-order valence-electron chi connectivity index (χ4n) is 0. The molecule has 0 spiro atoms. The van der Waals surface area contributed by atoms with Crippen molar-refractivity contribution in [2.24, 2.45) is 0 Å². The second kappa shape index (κ2) is 2.63. The van der Waals surface area contributed by atoms with E-state index in [0.717, 1.165) is 0 Å². The number of hydrogen-bond donors (Lipinski definition) is 0. The van der Waals surface area contributed by atoms with Crippen molar-refractivity contribution in [1.82, 2.24) is 0 Å². The third kappa shape index (κ3) is 21.6. The average molecular weight is 452 g/mol. The van der Waals surface area contributed by atoms with Crippen LogP contribution in [-0.4, -0.2) is -0.348 Å². The average Bonchev–Trinajstić information content (AvgIpc) is 0.722. The van der Waals surface area contributed by atoms with Gasteiger partial charge in [-0.05, 0) is 0 Å². The summed E-state index contributed by atoms with van der Waals surface area (Å²) in [7, 11) is 0. The van der Waals surface area contributed by atoms with E-state index < -0.39 is 0 Å². The van der Waals surface area contributed by atoms with Crippen LogP contribution in [0.5, 0.6) is 0 Å². The quantitative estimate of drug-likeness (QED) is 0.391. The zero-order valence-electron chi connectivity index (χ0n) is 2.34. The Kier molecular flexibility index (Phi) is 3.87. The molecule has 0 rings (SSSR count). The SMILES string of the molecule is Br[C](Br)(Br)[Hg]. The maximum atomic E-state index is 3.29. The molecule has 0 radical (unpaired) electrons. The van der Waals surface area contributed by atoms with Crippen LogP contribution in [0.15, 0.2) is 0 Å². The van der Waals surface area contributed by atoms with Gasteiger partial charge in [-0.1, -0.05) is 0 Å². The number of halogens is 3. The van der Waals surface area contributed by atoms with Gasteiger partial charge in [-0.15, -0.1) is 0 Å². The molecule has 4 heteroatoms. The molecule has 5 heavy (non-hydrogen) atoms. The molecule has 0 fully saturated rings. The maximum absolute atomic E-state index is 3.29. The Morgan fingerprint density at radius 2 is 1.20 bits per heavy atom. The molecule has 0 saturated carbocycles. The van der Waals surface area contributed by atoms with E-state index in [4.69, 9.17) is 0 Å². The minimum atomic E-state index is 0.132. The summed E-state index contributed by atoms with van der Waals surface area (Å²) in [5, 5.41) is 0. The molecule has 0 saturated heterocycles. The van der Waals surface area contributed by atoms with E-state index in [2.05, 4.69) is 47.8 Å². The molecule has 0 nitrogen and oxygen atoms in total. The summed E-state index contributed by atoms with van der Waals surface area (Å²) < 4.78 is 0.132. The van der Waals surface area contributed by atoms with Gasteiger partial charge < -0.3 is 0 Å². The predicted octanol–water partition coefficient (Wildman–Crippen LogP) is 2.33. The van der Waals surface area contributed by atoms with E-state index in [1.54, 1.807) is 0 Å². The van der Waals surface area contributed by atoms with Crippen LogP contribution in [0.1, 0.15) is 0 Å². The zero-order chi connectivity index (χ0) is 4.50. The summed E-state index contributed by atoms with van der Waals surface area (Å²) in [4.78, 5) is 0. The van der Waals surface area contributed by atoms with Crippen LogP contribution in [0.2, 0.25) is 0 Å². The van der Waals surface area contributed by atoms with E-state index in [1.165, 1.54) is 0 Å². The van der Waals surface area contributed by atoms with Crippen molar-refractivity contribution in [2.75, 3.05) is 0 Å². The fraction of sp³-hybridized carbons (Fsp3) is 1.00.